The van der Waals surface area contributed by atoms with Crippen molar-refractivity contribution < 1.29 is 13.9 Å². The lowest BCUT2D eigenvalue weighted by atomic mass is 9.93. The van der Waals surface area contributed by atoms with E-state index in [1.807, 2.05) is 97.3 Å². The molecule has 0 amide bonds. The van der Waals surface area contributed by atoms with Crippen molar-refractivity contribution in [3.8, 4) is 124 Å². The maximum atomic E-state index is 6.91. The second-order valence-corrected chi connectivity index (χ2v) is 20.3. The Hall–Kier alpha value is -10.8. The molecule has 0 fully saturated rings. The second-order valence-electron chi connectivity index (χ2n) is 20.3. The molecule has 8 heteroatoms. The largest absolute Gasteiger partial charge is 0.478 e. The SMILES string of the molecule is C1=CC2Oc3c(-c4ccc(-c5ccc(-c6cc(-c7ccccn7)cc(-c7ccccn7)c6)cc5)cc4)ccc(-c4ccc(-c5nc(-c6ccc(-c7ccccc7)cc6)nc(-c6ccc7oc8ccccc8c7c6)n5)cc4)c3OC2C=C1. The number of para-hydroxylation sites is 1. The summed E-state index contributed by atoms with van der Waals surface area (Å²) in [5, 5.41) is 2.05. The van der Waals surface area contributed by atoms with Gasteiger partial charge in [-0.25, -0.2) is 15.0 Å². The minimum Gasteiger partial charge on any atom is -0.478 e. The number of aromatic nitrogens is 5. The maximum Gasteiger partial charge on any atom is 0.170 e. The fourth-order valence-electron chi connectivity index (χ4n) is 11.0. The van der Waals surface area contributed by atoms with Gasteiger partial charge in [0.25, 0.3) is 0 Å². The van der Waals surface area contributed by atoms with Crippen LogP contribution in [0.25, 0.3) is 134 Å². The van der Waals surface area contributed by atoms with Crippen LogP contribution in [0.2, 0.25) is 0 Å². The highest BCUT2D eigenvalue weighted by molar-refractivity contribution is 6.06. The van der Waals surface area contributed by atoms with E-state index in [1.54, 1.807) is 0 Å². The molecule has 1 aliphatic carbocycles. The average Bonchev–Trinajstić information content (AvgIpc) is 3.96. The van der Waals surface area contributed by atoms with Crippen LogP contribution in [0, 0.1) is 0 Å². The molecule has 9 aromatic carbocycles. The van der Waals surface area contributed by atoms with Gasteiger partial charge in [0.1, 0.15) is 11.2 Å². The lowest BCUT2D eigenvalue weighted by molar-refractivity contribution is 0.0769. The van der Waals surface area contributed by atoms with E-state index >= 15 is 0 Å². The normalized spacial score (nSPS) is 14.3. The predicted octanol–water partition coefficient (Wildman–Crippen LogP) is 17.9. The number of benzene rings is 9. The number of fused-ring (bicyclic) bond motifs is 5. The van der Waals surface area contributed by atoms with Crippen molar-refractivity contribution in [2.45, 2.75) is 12.2 Å². The monoisotopic (exact) mass is 1040 g/mol. The van der Waals surface area contributed by atoms with E-state index in [-0.39, 0.29) is 12.2 Å². The molecule has 13 aromatic rings. The Morgan fingerprint density at radius 3 is 1.21 bits per heavy atom. The minimum absolute atomic E-state index is 0.268. The Balaban J connectivity index is 0.749. The summed E-state index contributed by atoms with van der Waals surface area (Å²) in [5.41, 5.74) is 18.7. The molecule has 0 spiro atoms. The van der Waals surface area contributed by atoms with Crippen molar-refractivity contribution >= 4 is 21.9 Å². The molecular weight excluding hydrogens is 995 g/mol. The Labute approximate surface area is 467 Å². The third-order valence-corrected chi connectivity index (χ3v) is 15.2. The van der Waals surface area contributed by atoms with Crippen LogP contribution in [0.1, 0.15) is 0 Å². The first-order valence-corrected chi connectivity index (χ1v) is 27.1. The number of ether oxygens (including phenoxy) is 2. The third kappa shape index (κ3) is 9.10. The molecule has 2 unspecified atom stereocenters. The maximum absolute atomic E-state index is 6.91. The summed E-state index contributed by atoms with van der Waals surface area (Å²) in [5.74, 6) is 3.12. The lowest BCUT2D eigenvalue weighted by Crippen LogP contribution is -2.38. The standard InChI is InChI=1S/C73H47N5O3/c1-2-12-46(13-3-1)47-26-32-53(33-27-47)71-76-72(78-73(77-71)55-36-39-66-62(45-55)61-14-4-5-17-65(61)79-66)54-34-30-52(31-35-54)60-38-37-59(69-70(60)81-68-19-7-6-18-67(68)80-69)51-28-24-49(25-29-51)48-20-22-50(23-21-48)56-42-57(63-15-8-10-40-74-63)44-58(43-56)64-16-9-11-41-75-64/h1-45,67-68H. The number of hydrogen-bond acceptors (Lipinski definition) is 8. The predicted molar refractivity (Wildman–Crippen MR) is 324 cm³/mol. The van der Waals surface area contributed by atoms with Crippen LogP contribution in [-0.4, -0.2) is 37.1 Å². The van der Waals surface area contributed by atoms with E-state index < -0.39 is 0 Å². The van der Waals surface area contributed by atoms with Crippen LogP contribution in [0.15, 0.2) is 278 Å². The molecule has 0 bridgehead atoms. The van der Waals surface area contributed by atoms with Gasteiger partial charge in [0.15, 0.2) is 41.2 Å². The highest BCUT2D eigenvalue weighted by atomic mass is 16.6. The van der Waals surface area contributed by atoms with E-state index in [0.717, 1.165) is 117 Å². The molecule has 0 saturated heterocycles. The molecular formula is C73H47N5O3. The zero-order valence-electron chi connectivity index (χ0n) is 43.6. The van der Waals surface area contributed by atoms with Crippen LogP contribution in [0.4, 0.5) is 0 Å². The van der Waals surface area contributed by atoms with Crippen LogP contribution in [0.3, 0.4) is 0 Å². The molecule has 0 saturated carbocycles. The van der Waals surface area contributed by atoms with E-state index in [4.69, 9.17) is 28.8 Å². The second kappa shape index (κ2) is 20.2. The summed E-state index contributed by atoms with van der Waals surface area (Å²) < 4.78 is 20.0. The van der Waals surface area contributed by atoms with Crippen molar-refractivity contribution in [2.24, 2.45) is 0 Å². The Morgan fingerprint density at radius 1 is 0.284 bits per heavy atom. The molecule has 0 radical (unpaired) electrons. The number of nitrogens with zero attached hydrogens (tertiary/aromatic N) is 5. The van der Waals surface area contributed by atoms with Crippen molar-refractivity contribution in [3.63, 3.8) is 0 Å². The number of rotatable bonds is 10. The summed E-state index contributed by atoms with van der Waals surface area (Å²) in [4.78, 5) is 24.7. The lowest BCUT2D eigenvalue weighted by Gasteiger charge is -2.34. The molecule has 2 atom stereocenters. The van der Waals surface area contributed by atoms with Gasteiger partial charge in [-0.05, 0) is 136 Å². The third-order valence-electron chi connectivity index (χ3n) is 15.2. The molecule has 2 aliphatic rings. The first-order valence-electron chi connectivity index (χ1n) is 27.1. The number of allylic oxidation sites excluding steroid dienone is 2. The molecule has 0 N–H and O–H groups in total. The van der Waals surface area contributed by atoms with E-state index in [9.17, 15) is 0 Å². The van der Waals surface area contributed by atoms with Gasteiger partial charge in [0.2, 0.25) is 0 Å². The van der Waals surface area contributed by atoms with Gasteiger partial charge in [0.05, 0.1) is 11.4 Å². The minimum atomic E-state index is -0.275. The molecule has 1 aliphatic heterocycles. The van der Waals surface area contributed by atoms with Crippen molar-refractivity contribution in [1.82, 2.24) is 24.9 Å². The van der Waals surface area contributed by atoms with E-state index in [1.165, 1.54) is 0 Å². The fourth-order valence-corrected chi connectivity index (χ4v) is 11.0. The Morgan fingerprint density at radius 2 is 0.691 bits per heavy atom. The van der Waals surface area contributed by atoms with Gasteiger partial charge in [-0.2, -0.15) is 0 Å². The van der Waals surface area contributed by atoms with Crippen LogP contribution < -0.4 is 9.47 Å². The molecule has 8 nitrogen and oxygen atoms in total. The first-order chi connectivity index (χ1) is 40.1. The highest BCUT2D eigenvalue weighted by Gasteiger charge is 2.33. The molecule has 4 aromatic heterocycles. The van der Waals surface area contributed by atoms with Gasteiger partial charge in [-0.3, -0.25) is 9.97 Å². The molecule has 5 heterocycles. The fraction of sp³-hybridized carbons (Fsp3) is 0.0274. The molecule has 382 valence electrons. The smallest absolute Gasteiger partial charge is 0.170 e. The van der Waals surface area contributed by atoms with Crippen LogP contribution >= 0.6 is 0 Å². The van der Waals surface area contributed by atoms with Gasteiger partial charge in [-0.1, -0.05) is 170 Å². The highest BCUT2D eigenvalue weighted by Crippen LogP contribution is 2.49. The Kier molecular flexibility index (Phi) is 11.8. The Bertz CT molecular complexity index is 4480. The van der Waals surface area contributed by atoms with Crippen molar-refractivity contribution in [2.75, 3.05) is 0 Å². The van der Waals surface area contributed by atoms with Crippen molar-refractivity contribution in [1.29, 1.82) is 0 Å². The number of furan rings is 1. The van der Waals surface area contributed by atoms with Gasteiger partial charge in [-0.15, -0.1) is 0 Å². The van der Waals surface area contributed by atoms with Crippen LogP contribution in [-0.2, 0) is 0 Å². The molecule has 15 rings (SSSR count). The van der Waals surface area contributed by atoms with Crippen molar-refractivity contribution in [3.05, 3.63) is 273 Å². The zero-order valence-corrected chi connectivity index (χ0v) is 43.6. The summed E-state index contributed by atoms with van der Waals surface area (Å²) in [6, 6.07) is 81.6. The number of hydrogen-bond donors (Lipinski definition) is 0. The zero-order chi connectivity index (χ0) is 53.6. The summed E-state index contributed by atoms with van der Waals surface area (Å²) in [7, 11) is 0. The van der Waals surface area contributed by atoms with E-state index in [0.29, 0.717) is 29.0 Å². The summed E-state index contributed by atoms with van der Waals surface area (Å²) in [6.07, 6.45) is 11.3. The quantitative estimate of drug-likeness (QED) is 0.134. The molecule has 81 heavy (non-hydrogen) atoms. The van der Waals surface area contributed by atoms with Crippen LogP contribution in [0.5, 0.6) is 11.5 Å². The topological polar surface area (TPSA) is 96.1 Å². The van der Waals surface area contributed by atoms with E-state index in [2.05, 4.69) is 186 Å². The van der Waals surface area contributed by atoms with Gasteiger partial charge in [0, 0.05) is 62.1 Å². The number of pyridine rings is 2. The van der Waals surface area contributed by atoms with Gasteiger partial charge < -0.3 is 13.9 Å². The van der Waals surface area contributed by atoms with Gasteiger partial charge >= 0.3 is 0 Å². The first kappa shape index (κ1) is 47.4. The average molecular weight is 1040 g/mol. The summed E-state index contributed by atoms with van der Waals surface area (Å²) in [6.45, 7) is 0. The summed E-state index contributed by atoms with van der Waals surface area (Å²) >= 11 is 0.